The van der Waals surface area contributed by atoms with Crippen LogP contribution in [0.3, 0.4) is 0 Å². The normalized spacial score (nSPS) is 25.1. The smallest absolute Gasteiger partial charge is 0.0595 e. The van der Waals surface area contributed by atoms with Crippen LogP contribution in [0.2, 0.25) is 10.0 Å². The fraction of sp³-hybridized carbons (Fsp3) is 0.684. The lowest BCUT2D eigenvalue weighted by Gasteiger charge is -2.39. The first-order valence-corrected chi connectivity index (χ1v) is 9.61. The van der Waals surface area contributed by atoms with Gasteiger partial charge in [-0.05, 0) is 80.6 Å². The van der Waals surface area contributed by atoms with Crippen molar-refractivity contribution in [2.45, 2.75) is 63.2 Å². The van der Waals surface area contributed by atoms with Crippen molar-refractivity contribution < 1.29 is 0 Å². The fourth-order valence-corrected chi connectivity index (χ4v) is 4.69. The van der Waals surface area contributed by atoms with Gasteiger partial charge in [-0.15, -0.1) is 0 Å². The van der Waals surface area contributed by atoms with Crippen LogP contribution in [0.15, 0.2) is 18.2 Å². The zero-order chi connectivity index (χ0) is 15.4. The van der Waals surface area contributed by atoms with Gasteiger partial charge < -0.3 is 5.32 Å². The Labute approximate surface area is 144 Å². The molecule has 1 aromatic carbocycles. The summed E-state index contributed by atoms with van der Waals surface area (Å²) in [5.74, 6) is 0.857. The van der Waals surface area contributed by atoms with Gasteiger partial charge in [0, 0.05) is 0 Å². The molecule has 1 unspecified atom stereocenters. The SMILES string of the molecule is Clc1ccc(C2(CCC3CCCNC3)CCCCC2)cc1Cl. The maximum atomic E-state index is 6.30. The lowest BCUT2D eigenvalue weighted by Crippen LogP contribution is -2.33. The molecule has 1 N–H and O–H groups in total. The molecular weight excluding hydrogens is 313 g/mol. The number of nitrogens with one attached hydrogen (secondary N) is 1. The van der Waals surface area contributed by atoms with Crippen LogP contribution < -0.4 is 5.32 Å². The Morgan fingerprint density at radius 1 is 1.05 bits per heavy atom. The average Bonchev–Trinajstić information content (AvgIpc) is 2.57. The summed E-state index contributed by atoms with van der Waals surface area (Å²) in [6.45, 7) is 2.41. The van der Waals surface area contributed by atoms with Gasteiger partial charge >= 0.3 is 0 Å². The third-order valence-corrected chi connectivity index (χ3v) is 6.51. The van der Waals surface area contributed by atoms with Crippen LogP contribution >= 0.6 is 23.2 Å². The first-order chi connectivity index (χ1) is 10.7. The van der Waals surface area contributed by atoms with Gasteiger partial charge in [-0.1, -0.05) is 48.5 Å². The first-order valence-electron chi connectivity index (χ1n) is 8.86. The van der Waals surface area contributed by atoms with E-state index in [-0.39, 0.29) is 0 Å². The van der Waals surface area contributed by atoms with Gasteiger partial charge in [0.1, 0.15) is 0 Å². The van der Waals surface area contributed by atoms with Crippen molar-refractivity contribution in [2.24, 2.45) is 5.92 Å². The van der Waals surface area contributed by atoms with Crippen molar-refractivity contribution in [2.75, 3.05) is 13.1 Å². The van der Waals surface area contributed by atoms with Crippen LogP contribution in [0, 0.1) is 5.92 Å². The molecule has 1 saturated carbocycles. The highest BCUT2D eigenvalue weighted by molar-refractivity contribution is 6.42. The highest BCUT2D eigenvalue weighted by atomic mass is 35.5. The number of hydrogen-bond acceptors (Lipinski definition) is 1. The third-order valence-electron chi connectivity index (χ3n) is 5.77. The topological polar surface area (TPSA) is 12.0 Å². The summed E-state index contributed by atoms with van der Waals surface area (Å²) >= 11 is 12.4. The first kappa shape index (κ1) is 16.6. The molecular formula is C19H27Cl2N. The minimum atomic E-state index is 0.337. The van der Waals surface area contributed by atoms with E-state index in [1.54, 1.807) is 0 Å². The molecule has 122 valence electrons. The molecule has 0 aromatic heterocycles. The number of rotatable bonds is 4. The second-order valence-corrected chi connectivity index (χ2v) is 8.04. The molecule has 3 heteroatoms. The molecule has 1 saturated heterocycles. The van der Waals surface area contributed by atoms with E-state index in [1.807, 2.05) is 6.07 Å². The number of hydrogen-bond donors (Lipinski definition) is 1. The Bertz CT molecular complexity index is 488. The van der Waals surface area contributed by atoms with E-state index in [1.165, 1.54) is 76.4 Å². The molecule has 0 bridgehead atoms. The molecule has 22 heavy (non-hydrogen) atoms. The number of benzene rings is 1. The Hall–Kier alpha value is -0.240. The van der Waals surface area contributed by atoms with E-state index in [0.717, 1.165) is 5.92 Å². The quantitative estimate of drug-likeness (QED) is 0.711. The summed E-state index contributed by atoms with van der Waals surface area (Å²) in [7, 11) is 0. The van der Waals surface area contributed by atoms with Crippen molar-refractivity contribution in [3.63, 3.8) is 0 Å². The average molecular weight is 340 g/mol. The highest BCUT2D eigenvalue weighted by Gasteiger charge is 2.34. The molecule has 1 nitrogen and oxygen atoms in total. The van der Waals surface area contributed by atoms with Crippen LogP contribution in [0.4, 0.5) is 0 Å². The summed E-state index contributed by atoms with van der Waals surface area (Å²) < 4.78 is 0. The largest absolute Gasteiger partial charge is 0.316 e. The zero-order valence-corrected chi connectivity index (χ0v) is 14.9. The maximum absolute atomic E-state index is 6.30. The van der Waals surface area contributed by atoms with Gasteiger partial charge in [-0.25, -0.2) is 0 Å². The molecule has 3 rings (SSSR count). The number of halogens is 2. The van der Waals surface area contributed by atoms with Gasteiger partial charge in [0.2, 0.25) is 0 Å². The van der Waals surface area contributed by atoms with Crippen LogP contribution in [0.25, 0.3) is 0 Å². The van der Waals surface area contributed by atoms with Crippen LogP contribution in [-0.4, -0.2) is 13.1 Å². The van der Waals surface area contributed by atoms with Crippen molar-refractivity contribution >= 4 is 23.2 Å². The molecule has 0 amide bonds. The summed E-state index contributed by atoms with van der Waals surface area (Å²) in [6, 6.07) is 6.34. The summed E-state index contributed by atoms with van der Waals surface area (Å²) in [5.41, 5.74) is 1.76. The van der Waals surface area contributed by atoms with Crippen molar-refractivity contribution in [3.8, 4) is 0 Å². The molecule has 2 aliphatic rings. The standard InChI is InChI=1S/C19H27Cl2N/c20-17-7-6-16(13-18(17)21)19(9-2-1-3-10-19)11-8-15-5-4-12-22-14-15/h6-7,13,15,22H,1-5,8-12,14H2. The van der Waals surface area contributed by atoms with Crippen molar-refractivity contribution in [3.05, 3.63) is 33.8 Å². The van der Waals surface area contributed by atoms with Gasteiger partial charge in [0.15, 0.2) is 0 Å². The van der Waals surface area contributed by atoms with Crippen LogP contribution in [-0.2, 0) is 5.41 Å². The van der Waals surface area contributed by atoms with E-state index in [0.29, 0.717) is 15.5 Å². The lowest BCUT2D eigenvalue weighted by molar-refractivity contribution is 0.237. The van der Waals surface area contributed by atoms with Crippen LogP contribution in [0.1, 0.15) is 63.4 Å². The van der Waals surface area contributed by atoms with Gasteiger partial charge in [-0.2, -0.15) is 0 Å². The van der Waals surface area contributed by atoms with E-state index in [9.17, 15) is 0 Å². The molecule has 1 aliphatic heterocycles. The van der Waals surface area contributed by atoms with Gasteiger partial charge in [0.05, 0.1) is 10.0 Å². The summed E-state index contributed by atoms with van der Waals surface area (Å²) in [5, 5.41) is 4.94. The predicted octanol–water partition coefficient (Wildman–Crippen LogP) is 5.98. The lowest BCUT2D eigenvalue weighted by atomic mass is 9.66. The van der Waals surface area contributed by atoms with E-state index in [4.69, 9.17) is 23.2 Å². The maximum Gasteiger partial charge on any atom is 0.0595 e. The minimum absolute atomic E-state index is 0.337. The van der Waals surface area contributed by atoms with Crippen molar-refractivity contribution in [1.29, 1.82) is 0 Å². The van der Waals surface area contributed by atoms with Gasteiger partial charge in [0.25, 0.3) is 0 Å². The molecule has 0 radical (unpaired) electrons. The molecule has 0 spiro atoms. The predicted molar refractivity (Wildman–Crippen MR) is 96.1 cm³/mol. The van der Waals surface area contributed by atoms with Crippen LogP contribution in [0.5, 0.6) is 0 Å². The summed E-state index contributed by atoms with van der Waals surface area (Å²) in [6.07, 6.45) is 12.1. The summed E-state index contributed by atoms with van der Waals surface area (Å²) in [4.78, 5) is 0. The van der Waals surface area contributed by atoms with Crippen molar-refractivity contribution in [1.82, 2.24) is 5.32 Å². The fourth-order valence-electron chi connectivity index (χ4n) is 4.39. The molecule has 2 fully saturated rings. The zero-order valence-electron chi connectivity index (χ0n) is 13.3. The molecule has 1 aromatic rings. The Morgan fingerprint density at radius 3 is 2.55 bits per heavy atom. The third kappa shape index (κ3) is 3.80. The number of piperidine rings is 1. The second-order valence-electron chi connectivity index (χ2n) is 7.22. The monoisotopic (exact) mass is 339 g/mol. The Kier molecular flexibility index (Phi) is 5.70. The Morgan fingerprint density at radius 2 is 1.86 bits per heavy atom. The van der Waals surface area contributed by atoms with E-state index >= 15 is 0 Å². The second kappa shape index (κ2) is 7.55. The van der Waals surface area contributed by atoms with Gasteiger partial charge in [-0.3, -0.25) is 0 Å². The molecule has 1 atom stereocenters. The molecule has 1 aliphatic carbocycles. The Balaban J connectivity index is 1.76. The molecule has 1 heterocycles. The highest BCUT2D eigenvalue weighted by Crippen LogP contribution is 2.45. The minimum Gasteiger partial charge on any atom is -0.316 e. The van der Waals surface area contributed by atoms with E-state index in [2.05, 4.69) is 17.4 Å². The van der Waals surface area contributed by atoms with E-state index < -0.39 is 0 Å².